The zero-order chi connectivity index (χ0) is 18.6. The molecular formula is C21H16F3NS. The summed E-state index contributed by atoms with van der Waals surface area (Å²) in [4.78, 5) is 4.31. The van der Waals surface area contributed by atoms with Gasteiger partial charge < -0.3 is 0 Å². The second-order valence-corrected chi connectivity index (χ2v) is 6.10. The van der Waals surface area contributed by atoms with E-state index < -0.39 is 11.7 Å². The number of nitrogens with zero attached hydrogens (tertiary/aromatic N) is 1. The number of aliphatic imine (C=N–C) groups is 1. The molecule has 3 rings (SSSR count). The molecule has 0 saturated heterocycles. The first-order chi connectivity index (χ1) is 12.5. The van der Waals surface area contributed by atoms with Crippen molar-refractivity contribution < 1.29 is 13.2 Å². The number of thiol groups is 1. The van der Waals surface area contributed by atoms with Crippen molar-refractivity contribution in [2.24, 2.45) is 4.99 Å². The Kier molecular flexibility index (Phi) is 5.47. The summed E-state index contributed by atoms with van der Waals surface area (Å²) in [6.07, 6.45) is -2.77. The van der Waals surface area contributed by atoms with Crippen LogP contribution in [0.15, 0.2) is 77.8 Å². The zero-order valence-electron chi connectivity index (χ0n) is 13.7. The molecule has 0 aliphatic carbocycles. The number of rotatable bonds is 4. The largest absolute Gasteiger partial charge is 0.416 e. The van der Waals surface area contributed by atoms with E-state index in [4.69, 9.17) is 0 Å². The minimum atomic E-state index is -4.32. The summed E-state index contributed by atoms with van der Waals surface area (Å²) in [6, 6.07) is 20.8. The Hall–Kier alpha value is -2.53. The van der Waals surface area contributed by atoms with E-state index in [0.29, 0.717) is 11.3 Å². The number of alkyl halides is 3. The number of halogens is 3. The van der Waals surface area contributed by atoms with Gasteiger partial charge in [0.05, 0.1) is 11.3 Å². The molecule has 3 aromatic rings. The summed E-state index contributed by atoms with van der Waals surface area (Å²) < 4.78 is 37.7. The van der Waals surface area contributed by atoms with Crippen LogP contribution in [0.3, 0.4) is 0 Å². The van der Waals surface area contributed by atoms with E-state index in [1.807, 2.05) is 48.5 Å². The second kappa shape index (κ2) is 7.79. The minimum Gasteiger partial charge on any atom is -0.256 e. The molecule has 0 unspecified atom stereocenters. The molecule has 0 radical (unpaired) electrons. The van der Waals surface area contributed by atoms with Gasteiger partial charge >= 0.3 is 6.18 Å². The molecule has 0 aromatic heterocycles. The van der Waals surface area contributed by atoms with Crippen molar-refractivity contribution in [3.63, 3.8) is 0 Å². The van der Waals surface area contributed by atoms with Crippen LogP contribution in [0.1, 0.15) is 16.7 Å². The molecule has 132 valence electrons. The maximum absolute atomic E-state index is 12.6. The average molecular weight is 371 g/mol. The van der Waals surface area contributed by atoms with E-state index in [-0.39, 0.29) is 0 Å². The highest BCUT2D eigenvalue weighted by Gasteiger charge is 2.29. The Labute approximate surface area is 155 Å². The Balaban J connectivity index is 1.71. The lowest BCUT2D eigenvalue weighted by molar-refractivity contribution is -0.137. The predicted molar refractivity (Wildman–Crippen MR) is 103 cm³/mol. The summed E-state index contributed by atoms with van der Waals surface area (Å²) in [5, 5.41) is 0. The van der Waals surface area contributed by atoms with E-state index in [1.165, 1.54) is 12.1 Å². The first kappa shape index (κ1) is 18.3. The Morgan fingerprint density at radius 1 is 0.769 bits per heavy atom. The van der Waals surface area contributed by atoms with Crippen molar-refractivity contribution >= 4 is 24.5 Å². The van der Waals surface area contributed by atoms with Crippen LogP contribution in [0.5, 0.6) is 0 Å². The summed E-state index contributed by atoms with van der Waals surface area (Å²) in [6.45, 7) is 0. The van der Waals surface area contributed by atoms with Gasteiger partial charge in [-0.25, -0.2) is 0 Å². The van der Waals surface area contributed by atoms with Gasteiger partial charge in [0, 0.05) is 12.0 Å². The first-order valence-electron chi connectivity index (χ1n) is 7.97. The molecule has 5 heteroatoms. The van der Waals surface area contributed by atoms with Gasteiger partial charge in [0.15, 0.2) is 0 Å². The summed E-state index contributed by atoms with van der Waals surface area (Å²) >= 11 is 4.25. The number of hydrogen-bond donors (Lipinski definition) is 1. The molecule has 0 fully saturated rings. The van der Waals surface area contributed by atoms with Crippen LogP contribution in [0, 0.1) is 0 Å². The lowest BCUT2D eigenvalue weighted by Crippen LogP contribution is -2.04. The molecule has 0 spiro atoms. The van der Waals surface area contributed by atoms with Crippen LogP contribution in [-0.2, 0) is 11.9 Å². The Morgan fingerprint density at radius 3 is 1.81 bits per heavy atom. The number of benzene rings is 3. The highest BCUT2D eigenvalue weighted by Crippen LogP contribution is 2.29. The van der Waals surface area contributed by atoms with Crippen LogP contribution in [0.2, 0.25) is 0 Å². The maximum Gasteiger partial charge on any atom is 0.416 e. The quantitative estimate of drug-likeness (QED) is 0.394. The second-order valence-electron chi connectivity index (χ2n) is 5.78. The molecule has 3 aromatic carbocycles. The lowest BCUT2D eigenvalue weighted by atomic mass is 10.0. The third-order valence-electron chi connectivity index (χ3n) is 3.94. The molecule has 0 amide bonds. The van der Waals surface area contributed by atoms with Crippen LogP contribution >= 0.6 is 12.6 Å². The fraction of sp³-hybridized carbons (Fsp3) is 0.0952. The molecule has 0 N–H and O–H groups in total. The molecule has 0 atom stereocenters. The maximum atomic E-state index is 12.6. The summed E-state index contributed by atoms with van der Waals surface area (Å²) in [5.41, 5.74) is 4.03. The highest BCUT2D eigenvalue weighted by atomic mass is 32.1. The minimum absolute atomic E-state index is 0.615. The third kappa shape index (κ3) is 4.55. The smallest absolute Gasteiger partial charge is 0.256 e. The molecule has 0 saturated carbocycles. The van der Waals surface area contributed by atoms with Gasteiger partial charge in [0.2, 0.25) is 0 Å². The van der Waals surface area contributed by atoms with Crippen LogP contribution in [0.25, 0.3) is 11.1 Å². The van der Waals surface area contributed by atoms with Gasteiger partial charge in [-0.05, 0) is 46.5 Å². The van der Waals surface area contributed by atoms with Crippen LogP contribution in [-0.4, -0.2) is 6.21 Å². The predicted octanol–water partition coefficient (Wildman–Crippen LogP) is 6.55. The van der Waals surface area contributed by atoms with Crippen LogP contribution in [0.4, 0.5) is 18.9 Å². The van der Waals surface area contributed by atoms with Crippen LogP contribution < -0.4 is 0 Å². The highest BCUT2D eigenvalue weighted by molar-refractivity contribution is 7.79. The van der Waals surface area contributed by atoms with Crippen molar-refractivity contribution in [1.82, 2.24) is 0 Å². The molecule has 0 bridgehead atoms. The van der Waals surface area contributed by atoms with E-state index >= 15 is 0 Å². The molecule has 1 nitrogen and oxygen atoms in total. The number of hydrogen-bond acceptors (Lipinski definition) is 2. The van der Waals surface area contributed by atoms with Gasteiger partial charge in [-0.3, -0.25) is 4.99 Å². The fourth-order valence-corrected chi connectivity index (χ4v) is 2.66. The molecular weight excluding hydrogens is 355 g/mol. The Bertz CT molecular complexity index is 881. The van der Waals surface area contributed by atoms with Gasteiger partial charge in [-0.1, -0.05) is 48.5 Å². The first-order valence-corrected chi connectivity index (χ1v) is 8.60. The van der Waals surface area contributed by atoms with Gasteiger partial charge in [-0.2, -0.15) is 25.8 Å². The average Bonchev–Trinajstić information content (AvgIpc) is 2.66. The SMILES string of the molecule is FC(F)(F)c1ccc(C=Nc2ccc(-c3ccc(CS)cc3)cc2)cc1. The van der Waals surface area contributed by atoms with Crippen molar-refractivity contribution in [3.8, 4) is 11.1 Å². The monoisotopic (exact) mass is 371 g/mol. The topological polar surface area (TPSA) is 12.4 Å². The standard InChI is InChI=1S/C21H16F3NS/c22-21(23,24)19-9-3-15(4-10-19)13-25-20-11-7-18(8-12-20)17-5-1-16(14-26)2-6-17/h1-13,26H,14H2. The fourth-order valence-electron chi connectivity index (χ4n) is 2.45. The van der Waals surface area contributed by atoms with Crippen molar-refractivity contribution in [2.75, 3.05) is 0 Å². The normalized spacial score (nSPS) is 11.8. The van der Waals surface area contributed by atoms with Crippen molar-refractivity contribution in [2.45, 2.75) is 11.9 Å². The third-order valence-corrected chi connectivity index (χ3v) is 4.30. The molecule has 0 heterocycles. The van der Waals surface area contributed by atoms with Gasteiger partial charge in [0.25, 0.3) is 0 Å². The van der Waals surface area contributed by atoms with Crippen molar-refractivity contribution in [3.05, 3.63) is 89.5 Å². The summed E-state index contributed by atoms with van der Waals surface area (Å²) in [7, 11) is 0. The van der Waals surface area contributed by atoms with Gasteiger partial charge in [0.1, 0.15) is 0 Å². The van der Waals surface area contributed by atoms with E-state index in [1.54, 1.807) is 6.21 Å². The molecule has 26 heavy (non-hydrogen) atoms. The molecule has 0 aliphatic rings. The Morgan fingerprint density at radius 2 is 1.31 bits per heavy atom. The van der Waals surface area contributed by atoms with Gasteiger partial charge in [-0.15, -0.1) is 0 Å². The zero-order valence-corrected chi connectivity index (χ0v) is 14.6. The van der Waals surface area contributed by atoms with Crippen molar-refractivity contribution in [1.29, 1.82) is 0 Å². The molecule has 0 aliphatic heterocycles. The van der Waals surface area contributed by atoms with E-state index in [2.05, 4.69) is 17.6 Å². The summed E-state index contributed by atoms with van der Waals surface area (Å²) in [5.74, 6) is 0.706. The van der Waals surface area contributed by atoms with E-state index in [9.17, 15) is 13.2 Å². The van der Waals surface area contributed by atoms with E-state index in [0.717, 1.165) is 34.5 Å². The lowest BCUT2D eigenvalue weighted by Gasteiger charge is -2.06.